The van der Waals surface area contributed by atoms with Crippen molar-refractivity contribution in [3.8, 4) is 6.07 Å². The Morgan fingerprint density at radius 3 is 2.76 bits per heavy atom. The van der Waals surface area contributed by atoms with Gasteiger partial charge in [0, 0.05) is 18.3 Å². The van der Waals surface area contributed by atoms with Gasteiger partial charge < -0.3 is 4.90 Å². The summed E-state index contributed by atoms with van der Waals surface area (Å²) in [6, 6.07) is 4.90. The number of pyridine rings is 1. The van der Waals surface area contributed by atoms with E-state index < -0.39 is 0 Å². The third-order valence-corrected chi connectivity index (χ3v) is 4.55. The van der Waals surface area contributed by atoms with Crippen molar-refractivity contribution in [1.29, 1.82) is 5.26 Å². The number of anilines is 1. The van der Waals surface area contributed by atoms with Gasteiger partial charge >= 0.3 is 0 Å². The first-order chi connectivity index (χ1) is 10.2. The molecule has 21 heavy (non-hydrogen) atoms. The standard InChI is InChI=1S/C18H27N3/c1-4-6-11-21(14(3)5-2)18-16(13-19)12-15-9-7-8-10-17(15)20-18/h12,14H,4-11H2,1-3H3. The van der Waals surface area contributed by atoms with Crippen molar-refractivity contribution in [2.24, 2.45) is 0 Å². The van der Waals surface area contributed by atoms with E-state index in [0.717, 1.165) is 43.6 Å². The maximum Gasteiger partial charge on any atom is 0.147 e. The van der Waals surface area contributed by atoms with E-state index in [1.54, 1.807) is 0 Å². The molecule has 0 bridgehead atoms. The van der Waals surface area contributed by atoms with Crippen LogP contribution in [-0.2, 0) is 12.8 Å². The second kappa shape index (κ2) is 7.45. The molecule has 1 atom stereocenters. The molecule has 0 saturated heterocycles. The van der Waals surface area contributed by atoms with Crippen molar-refractivity contribution in [3.63, 3.8) is 0 Å². The van der Waals surface area contributed by atoms with Crippen LogP contribution < -0.4 is 4.90 Å². The highest BCUT2D eigenvalue weighted by atomic mass is 15.2. The highest BCUT2D eigenvalue weighted by Gasteiger charge is 2.21. The lowest BCUT2D eigenvalue weighted by molar-refractivity contribution is 0.584. The molecule has 1 aliphatic rings. The average Bonchev–Trinajstić information content (AvgIpc) is 2.54. The molecule has 0 aromatic carbocycles. The van der Waals surface area contributed by atoms with E-state index in [9.17, 15) is 5.26 Å². The van der Waals surface area contributed by atoms with E-state index in [-0.39, 0.29) is 0 Å². The summed E-state index contributed by atoms with van der Waals surface area (Å²) in [5.74, 6) is 0.918. The summed E-state index contributed by atoms with van der Waals surface area (Å²) in [5, 5.41) is 9.53. The van der Waals surface area contributed by atoms with Crippen molar-refractivity contribution in [2.45, 2.75) is 71.8 Å². The third kappa shape index (κ3) is 3.56. The second-order valence-corrected chi connectivity index (χ2v) is 6.09. The molecule has 114 valence electrons. The van der Waals surface area contributed by atoms with Crippen molar-refractivity contribution in [2.75, 3.05) is 11.4 Å². The zero-order chi connectivity index (χ0) is 15.2. The third-order valence-electron chi connectivity index (χ3n) is 4.55. The van der Waals surface area contributed by atoms with E-state index in [0.29, 0.717) is 6.04 Å². The highest BCUT2D eigenvalue weighted by Crippen LogP contribution is 2.28. The monoisotopic (exact) mass is 285 g/mol. The molecular weight excluding hydrogens is 258 g/mol. The summed E-state index contributed by atoms with van der Waals surface area (Å²) in [6.45, 7) is 7.64. The number of rotatable bonds is 6. The number of hydrogen-bond donors (Lipinski definition) is 0. The van der Waals surface area contributed by atoms with Gasteiger partial charge in [-0.15, -0.1) is 0 Å². The minimum atomic E-state index is 0.429. The lowest BCUT2D eigenvalue weighted by Crippen LogP contribution is -2.35. The Hall–Kier alpha value is -1.56. The summed E-state index contributed by atoms with van der Waals surface area (Å²) < 4.78 is 0. The smallest absolute Gasteiger partial charge is 0.147 e. The van der Waals surface area contributed by atoms with Gasteiger partial charge in [0.25, 0.3) is 0 Å². The summed E-state index contributed by atoms with van der Waals surface area (Å²) in [5.41, 5.74) is 3.27. The minimum Gasteiger partial charge on any atom is -0.353 e. The Bertz CT molecular complexity index is 516. The van der Waals surface area contributed by atoms with Crippen molar-refractivity contribution in [3.05, 3.63) is 22.9 Å². The van der Waals surface area contributed by atoms with Crippen LogP contribution in [0.3, 0.4) is 0 Å². The van der Waals surface area contributed by atoms with Crippen LogP contribution in [0.1, 0.15) is 69.7 Å². The molecule has 2 rings (SSSR count). The van der Waals surface area contributed by atoms with Gasteiger partial charge in [-0.2, -0.15) is 5.26 Å². The molecule has 3 heteroatoms. The zero-order valence-corrected chi connectivity index (χ0v) is 13.7. The number of fused-ring (bicyclic) bond motifs is 1. The lowest BCUT2D eigenvalue weighted by Gasteiger charge is -2.31. The molecule has 3 nitrogen and oxygen atoms in total. The van der Waals surface area contributed by atoms with Crippen molar-refractivity contribution in [1.82, 2.24) is 4.98 Å². The molecule has 1 aromatic heterocycles. The zero-order valence-electron chi connectivity index (χ0n) is 13.7. The van der Waals surface area contributed by atoms with Crippen molar-refractivity contribution < 1.29 is 0 Å². The Balaban J connectivity index is 2.40. The van der Waals surface area contributed by atoms with Crippen LogP contribution in [-0.4, -0.2) is 17.6 Å². The average molecular weight is 285 g/mol. The van der Waals surface area contributed by atoms with Gasteiger partial charge in [-0.1, -0.05) is 20.3 Å². The van der Waals surface area contributed by atoms with Gasteiger partial charge in [-0.25, -0.2) is 4.98 Å². The molecule has 0 saturated carbocycles. The first-order valence-corrected chi connectivity index (χ1v) is 8.40. The lowest BCUT2D eigenvalue weighted by atomic mass is 9.94. The van der Waals surface area contributed by atoms with Crippen LogP contribution in [0.25, 0.3) is 0 Å². The molecule has 1 heterocycles. The van der Waals surface area contributed by atoms with Gasteiger partial charge in [-0.05, 0) is 57.1 Å². The molecule has 1 aliphatic carbocycles. The molecule has 0 spiro atoms. The normalized spacial score (nSPS) is 15.1. The second-order valence-electron chi connectivity index (χ2n) is 6.09. The fraction of sp³-hybridized carbons (Fsp3) is 0.667. The summed E-state index contributed by atoms with van der Waals surface area (Å²) >= 11 is 0. The molecule has 0 N–H and O–H groups in total. The number of aromatic nitrogens is 1. The van der Waals surface area contributed by atoms with Gasteiger partial charge in [0.2, 0.25) is 0 Å². The minimum absolute atomic E-state index is 0.429. The molecule has 0 aliphatic heterocycles. The number of nitrogens with zero attached hydrogens (tertiary/aromatic N) is 3. The predicted molar refractivity (Wildman–Crippen MR) is 87.6 cm³/mol. The van der Waals surface area contributed by atoms with Gasteiger partial charge in [0.1, 0.15) is 11.9 Å². The molecule has 0 amide bonds. The molecule has 0 fully saturated rings. The Morgan fingerprint density at radius 1 is 1.33 bits per heavy atom. The number of aryl methyl sites for hydroxylation is 2. The molecule has 1 unspecified atom stereocenters. The van der Waals surface area contributed by atoms with Crippen LogP contribution in [0.4, 0.5) is 5.82 Å². The summed E-state index contributed by atoms with van der Waals surface area (Å²) in [6.07, 6.45) is 7.99. The fourth-order valence-electron chi connectivity index (χ4n) is 3.01. The van der Waals surface area contributed by atoms with E-state index in [1.807, 2.05) is 0 Å². The Kier molecular flexibility index (Phi) is 5.61. The highest BCUT2D eigenvalue weighted by molar-refractivity contribution is 5.57. The summed E-state index contributed by atoms with van der Waals surface area (Å²) in [7, 11) is 0. The van der Waals surface area contributed by atoms with Gasteiger partial charge in [0.05, 0.1) is 5.56 Å². The van der Waals surface area contributed by atoms with E-state index in [2.05, 4.69) is 37.8 Å². The Morgan fingerprint density at radius 2 is 2.10 bits per heavy atom. The summed E-state index contributed by atoms with van der Waals surface area (Å²) in [4.78, 5) is 7.25. The fourth-order valence-corrected chi connectivity index (χ4v) is 3.01. The SMILES string of the molecule is CCCCN(c1nc2c(cc1C#N)CCCC2)C(C)CC. The number of unbranched alkanes of at least 4 members (excludes halogenated alkanes) is 1. The molecular formula is C18H27N3. The van der Waals surface area contributed by atoms with Crippen LogP contribution in [0.15, 0.2) is 6.07 Å². The van der Waals surface area contributed by atoms with E-state index >= 15 is 0 Å². The van der Waals surface area contributed by atoms with Crippen molar-refractivity contribution >= 4 is 5.82 Å². The van der Waals surface area contributed by atoms with E-state index in [1.165, 1.54) is 30.5 Å². The first-order valence-electron chi connectivity index (χ1n) is 8.40. The molecule has 1 aromatic rings. The first kappa shape index (κ1) is 15.8. The number of hydrogen-bond acceptors (Lipinski definition) is 3. The van der Waals surface area contributed by atoms with Gasteiger partial charge in [0.15, 0.2) is 0 Å². The van der Waals surface area contributed by atoms with Crippen LogP contribution in [0, 0.1) is 11.3 Å². The number of nitriles is 1. The molecule has 0 radical (unpaired) electrons. The van der Waals surface area contributed by atoms with Crippen LogP contribution in [0.2, 0.25) is 0 Å². The van der Waals surface area contributed by atoms with E-state index in [4.69, 9.17) is 4.98 Å². The van der Waals surface area contributed by atoms with Crippen LogP contribution >= 0.6 is 0 Å². The topological polar surface area (TPSA) is 39.9 Å². The quantitative estimate of drug-likeness (QED) is 0.785. The Labute approximate surface area is 129 Å². The predicted octanol–water partition coefficient (Wildman–Crippen LogP) is 4.24. The largest absolute Gasteiger partial charge is 0.353 e. The van der Waals surface area contributed by atoms with Gasteiger partial charge in [-0.3, -0.25) is 0 Å². The maximum atomic E-state index is 9.53. The maximum absolute atomic E-state index is 9.53. The van der Waals surface area contributed by atoms with Crippen LogP contribution in [0.5, 0.6) is 0 Å².